The van der Waals surface area contributed by atoms with E-state index in [2.05, 4.69) is 105 Å². The standard InChI is InChI=1S/C26H20Br2N2/c27-22-14-18(9-11-24(22)29)26(19-10-12-25(30)23(28)15-19)20-7-3-1-5-16(20)13-17-6-2-4-8-21(17)26/h1-12,14-15H,13,29-30H2. The van der Waals surface area contributed by atoms with Crippen LogP contribution in [0.4, 0.5) is 11.4 Å². The molecule has 2 nitrogen and oxygen atoms in total. The Hall–Kier alpha value is -2.56. The predicted octanol–water partition coefficient (Wildman–Crippen LogP) is 6.66. The number of hydrogen-bond acceptors (Lipinski definition) is 2. The number of halogens is 2. The lowest BCUT2D eigenvalue weighted by molar-refractivity contribution is 0.702. The maximum Gasteiger partial charge on any atom is 0.0707 e. The zero-order chi connectivity index (χ0) is 20.9. The van der Waals surface area contributed by atoms with Gasteiger partial charge >= 0.3 is 0 Å². The third-order valence-electron chi connectivity index (χ3n) is 6.09. The van der Waals surface area contributed by atoms with Gasteiger partial charge in [-0.05, 0) is 95.9 Å². The molecule has 30 heavy (non-hydrogen) atoms. The molecule has 0 amide bonds. The molecule has 0 aromatic heterocycles. The van der Waals surface area contributed by atoms with Crippen molar-refractivity contribution in [2.24, 2.45) is 0 Å². The van der Waals surface area contributed by atoms with Crippen molar-refractivity contribution in [2.75, 3.05) is 11.5 Å². The molecular weight excluding hydrogens is 500 g/mol. The summed E-state index contributed by atoms with van der Waals surface area (Å²) in [6, 6.07) is 30.0. The first-order valence-electron chi connectivity index (χ1n) is 9.79. The van der Waals surface area contributed by atoms with Gasteiger partial charge in [0.25, 0.3) is 0 Å². The average Bonchev–Trinajstić information content (AvgIpc) is 2.76. The largest absolute Gasteiger partial charge is 0.398 e. The Labute approximate surface area is 193 Å². The van der Waals surface area contributed by atoms with Crippen molar-refractivity contribution < 1.29 is 0 Å². The summed E-state index contributed by atoms with van der Waals surface area (Å²) >= 11 is 7.32. The molecule has 0 radical (unpaired) electrons. The molecule has 5 rings (SSSR count). The summed E-state index contributed by atoms with van der Waals surface area (Å²) < 4.78 is 1.80. The van der Waals surface area contributed by atoms with Crippen molar-refractivity contribution in [3.8, 4) is 0 Å². The molecule has 148 valence electrons. The highest BCUT2D eigenvalue weighted by Crippen LogP contribution is 2.52. The third-order valence-corrected chi connectivity index (χ3v) is 7.46. The van der Waals surface area contributed by atoms with Crippen LogP contribution in [0, 0.1) is 0 Å². The fraction of sp³-hybridized carbons (Fsp3) is 0.0769. The first kappa shape index (κ1) is 19.4. The Morgan fingerprint density at radius 1 is 0.600 bits per heavy atom. The average molecular weight is 520 g/mol. The molecule has 0 aliphatic heterocycles. The van der Waals surface area contributed by atoms with Crippen LogP contribution in [0.15, 0.2) is 93.9 Å². The molecular formula is C26H20Br2N2. The molecule has 1 aliphatic rings. The third kappa shape index (κ3) is 2.82. The first-order chi connectivity index (χ1) is 14.5. The topological polar surface area (TPSA) is 52.0 Å². The van der Waals surface area contributed by atoms with Gasteiger partial charge in [-0.3, -0.25) is 0 Å². The van der Waals surface area contributed by atoms with Gasteiger partial charge in [0.2, 0.25) is 0 Å². The van der Waals surface area contributed by atoms with Gasteiger partial charge in [-0.1, -0.05) is 60.7 Å². The molecule has 0 saturated carbocycles. The minimum atomic E-state index is -0.474. The van der Waals surface area contributed by atoms with Crippen molar-refractivity contribution in [2.45, 2.75) is 11.8 Å². The van der Waals surface area contributed by atoms with Crippen molar-refractivity contribution in [1.29, 1.82) is 0 Å². The Kier molecular flexibility index (Phi) is 4.72. The quantitative estimate of drug-likeness (QED) is 0.256. The van der Waals surface area contributed by atoms with Crippen LogP contribution in [0.3, 0.4) is 0 Å². The van der Waals surface area contributed by atoms with E-state index < -0.39 is 5.41 Å². The van der Waals surface area contributed by atoms with Crippen molar-refractivity contribution >= 4 is 43.2 Å². The lowest BCUT2D eigenvalue weighted by Crippen LogP contribution is -2.36. The number of benzene rings is 4. The summed E-state index contributed by atoms with van der Waals surface area (Å²) in [4.78, 5) is 0. The number of nitrogens with two attached hydrogens (primary N) is 2. The second-order valence-electron chi connectivity index (χ2n) is 7.71. The SMILES string of the molecule is Nc1ccc(C2(c3ccc(N)c(Br)c3)c3ccccc3Cc3ccccc32)cc1Br. The second kappa shape index (κ2) is 7.29. The molecule has 4 aromatic carbocycles. The summed E-state index contributed by atoms with van der Waals surface area (Å²) in [7, 11) is 0. The van der Waals surface area contributed by atoms with Crippen LogP contribution in [0.5, 0.6) is 0 Å². The molecule has 4 heteroatoms. The van der Waals surface area contributed by atoms with Crippen LogP contribution >= 0.6 is 31.9 Å². The van der Waals surface area contributed by atoms with Gasteiger partial charge in [-0.15, -0.1) is 0 Å². The Bertz CT molecular complexity index is 1180. The Balaban J connectivity index is 1.97. The second-order valence-corrected chi connectivity index (χ2v) is 9.42. The normalized spacial score (nSPS) is 14.1. The fourth-order valence-electron chi connectivity index (χ4n) is 4.74. The van der Waals surface area contributed by atoms with Crippen LogP contribution in [0.2, 0.25) is 0 Å². The summed E-state index contributed by atoms with van der Waals surface area (Å²) in [5.74, 6) is 0. The molecule has 4 N–H and O–H groups in total. The highest BCUT2D eigenvalue weighted by atomic mass is 79.9. The smallest absolute Gasteiger partial charge is 0.0707 e. The monoisotopic (exact) mass is 518 g/mol. The van der Waals surface area contributed by atoms with E-state index in [0.29, 0.717) is 0 Å². The van der Waals surface area contributed by atoms with Crippen LogP contribution in [-0.2, 0) is 11.8 Å². The molecule has 0 saturated heterocycles. The van der Waals surface area contributed by atoms with E-state index in [9.17, 15) is 0 Å². The molecule has 0 unspecified atom stereocenters. The predicted molar refractivity (Wildman–Crippen MR) is 132 cm³/mol. The number of anilines is 2. The fourth-order valence-corrected chi connectivity index (χ4v) is 5.50. The van der Waals surface area contributed by atoms with E-state index in [1.165, 1.54) is 33.4 Å². The lowest BCUT2D eigenvalue weighted by Gasteiger charge is -2.42. The molecule has 0 atom stereocenters. The van der Waals surface area contributed by atoms with E-state index in [0.717, 1.165) is 26.7 Å². The van der Waals surface area contributed by atoms with E-state index in [4.69, 9.17) is 11.5 Å². The van der Waals surface area contributed by atoms with Crippen LogP contribution < -0.4 is 11.5 Å². The molecule has 4 aromatic rings. The van der Waals surface area contributed by atoms with E-state index in [1.54, 1.807) is 0 Å². The Morgan fingerprint density at radius 3 is 1.47 bits per heavy atom. The number of rotatable bonds is 2. The minimum Gasteiger partial charge on any atom is -0.398 e. The first-order valence-corrected chi connectivity index (χ1v) is 11.4. The number of fused-ring (bicyclic) bond motifs is 2. The van der Waals surface area contributed by atoms with Crippen molar-refractivity contribution in [3.05, 3.63) is 127 Å². The van der Waals surface area contributed by atoms with Crippen LogP contribution in [-0.4, -0.2) is 0 Å². The van der Waals surface area contributed by atoms with Crippen LogP contribution in [0.25, 0.3) is 0 Å². The minimum absolute atomic E-state index is 0.474. The molecule has 0 spiro atoms. The van der Waals surface area contributed by atoms with Gasteiger partial charge in [-0.2, -0.15) is 0 Å². The number of nitrogen functional groups attached to an aromatic ring is 2. The highest BCUT2D eigenvalue weighted by Gasteiger charge is 2.43. The van der Waals surface area contributed by atoms with E-state index >= 15 is 0 Å². The molecule has 0 fully saturated rings. The van der Waals surface area contributed by atoms with Gasteiger partial charge in [0.15, 0.2) is 0 Å². The zero-order valence-corrected chi connectivity index (χ0v) is 19.4. The van der Waals surface area contributed by atoms with Crippen molar-refractivity contribution in [3.63, 3.8) is 0 Å². The van der Waals surface area contributed by atoms with Crippen LogP contribution in [0.1, 0.15) is 33.4 Å². The molecule has 0 heterocycles. The Morgan fingerprint density at radius 2 is 1.03 bits per heavy atom. The zero-order valence-electron chi connectivity index (χ0n) is 16.2. The van der Waals surface area contributed by atoms with Crippen molar-refractivity contribution in [1.82, 2.24) is 0 Å². The van der Waals surface area contributed by atoms with Gasteiger partial charge in [0.1, 0.15) is 0 Å². The van der Waals surface area contributed by atoms with E-state index in [-0.39, 0.29) is 0 Å². The summed E-state index contributed by atoms with van der Waals surface area (Å²) in [5.41, 5.74) is 20.9. The maximum absolute atomic E-state index is 6.16. The molecule has 1 aliphatic carbocycles. The van der Waals surface area contributed by atoms with Gasteiger partial charge in [0.05, 0.1) is 5.41 Å². The van der Waals surface area contributed by atoms with E-state index in [1.807, 2.05) is 12.1 Å². The van der Waals surface area contributed by atoms with Gasteiger partial charge in [-0.25, -0.2) is 0 Å². The maximum atomic E-state index is 6.16. The summed E-state index contributed by atoms with van der Waals surface area (Å²) in [6.45, 7) is 0. The lowest BCUT2D eigenvalue weighted by atomic mass is 9.60. The molecule has 0 bridgehead atoms. The highest BCUT2D eigenvalue weighted by molar-refractivity contribution is 9.11. The summed E-state index contributed by atoms with van der Waals surface area (Å²) in [6.07, 6.45) is 0.917. The summed E-state index contributed by atoms with van der Waals surface area (Å²) in [5, 5.41) is 0. The van der Waals surface area contributed by atoms with Gasteiger partial charge in [0, 0.05) is 20.3 Å². The number of hydrogen-bond donors (Lipinski definition) is 2. The van der Waals surface area contributed by atoms with Gasteiger partial charge < -0.3 is 11.5 Å².